The van der Waals surface area contributed by atoms with E-state index in [9.17, 15) is 22.0 Å². The number of hydrogen-bond donors (Lipinski definition) is 0. The largest absolute Gasteiger partial charge is 0.492 e. The van der Waals surface area contributed by atoms with Crippen LogP contribution in [-0.4, -0.2) is 24.4 Å². The van der Waals surface area contributed by atoms with Crippen molar-refractivity contribution in [2.45, 2.75) is 25.9 Å². The lowest BCUT2D eigenvalue weighted by Gasteiger charge is -2.12. The zero-order chi connectivity index (χ0) is 25.9. The third kappa shape index (κ3) is 5.90. The van der Waals surface area contributed by atoms with Crippen LogP contribution in [0.2, 0.25) is 0 Å². The topological polar surface area (TPSA) is 31.4 Å². The van der Waals surface area contributed by atoms with Gasteiger partial charge in [0, 0.05) is 10.9 Å². The number of pyridine rings is 1. The van der Waals surface area contributed by atoms with Crippen molar-refractivity contribution in [2.75, 3.05) is 13.2 Å². The van der Waals surface area contributed by atoms with Crippen LogP contribution in [0, 0.1) is 17.5 Å². The first kappa shape index (κ1) is 25.3. The van der Waals surface area contributed by atoms with Crippen LogP contribution in [0.1, 0.15) is 18.1 Å². The molecule has 4 aromatic rings. The monoisotopic (exact) mass is 505 g/mol. The highest BCUT2D eigenvalue weighted by atomic mass is 19.4. The Bertz CT molecular complexity index is 1350. The van der Waals surface area contributed by atoms with Gasteiger partial charge in [-0.25, -0.2) is 13.2 Å². The van der Waals surface area contributed by atoms with E-state index in [-0.39, 0.29) is 18.4 Å². The Labute approximate surface area is 203 Å². The molecule has 3 nitrogen and oxygen atoms in total. The molecule has 36 heavy (non-hydrogen) atoms. The summed E-state index contributed by atoms with van der Waals surface area (Å²) in [6.45, 7) is 0.604. The molecular formula is C27H21F6NO2. The number of alkyl halides is 3. The molecule has 9 heteroatoms. The summed E-state index contributed by atoms with van der Waals surface area (Å²) in [4.78, 5) is 4.38. The Morgan fingerprint density at radius 1 is 0.833 bits per heavy atom. The summed E-state index contributed by atoms with van der Waals surface area (Å²) in [6.07, 6.45) is -2.90. The van der Waals surface area contributed by atoms with Gasteiger partial charge < -0.3 is 9.47 Å². The average Bonchev–Trinajstić information content (AvgIpc) is 2.83. The first-order chi connectivity index (χ1) is 17.1. The molecule has 1 aromatic heterocycles. The van der Waals surface area contributed by atoms with Crippen LogP contribution in [0.25, 0.3) is 22.0 Å². The molecule has 0 saturated carbocycles. The van der Waals surface area contributed by atoms with Crippen LogP contribution in [0.5, 0.6) is 11.5 Å². The van der Waals surface area contributed by atoms with Gasteiger partial charge in [-0.05, 0) is 66.6 Å². The number of ether oxygens (including phenoxy) is 2. The van der Waals surface area contributed by atoms with Crippen LogP contribution in [-0.2, 0) is 12.8 Å². The van der Waals surface area contributed by atoms with Crippen LogP contribution >= 0.6 is 0 Å². The van der Waals surface area contributed by atoms with Crippen molar-refractivity contribution in [3.05, 3.63) is 89.4 Å². The lowest BCUT2D eigenvalue weighted by atomic mass is 9.98. The fraction of sp³-hybridized carbons (Fsp3) is 0.222. The number of aryl methyl sites for hydroxylation is 2. The van der Waals surface area contributed by atoms with E-state index in [1.807, 2.05) is 19.1 Å². The maximum absolute atomic E-state index is 15.2. The fourth-order valence-electron chi connectivity index (χ4n) is 3.82. The molecule has 4 rings (SSSR count). The van der Waals surface area contributed by atoms with Crippen LogP contribution in [0.4, 0.5) is 26.3 Å². The normalized spacial score (nSPS) is 11.6. The van der Waals surface area contributed by atoms with Crippen LogP contribution in [0.3, 0.4) is 0 Å². The maximum atomic E-state index is 15.2. The second kappa shape index (κ2) is 10.5. The fourth-order valence-corrected chi connectivity index (χ4v) is 3.82. The first-order valence-corrected chi connectivity index (χ1v) is 11.1. The molecule has 1 heterocycles. The van der Waals surface area contributed by atoms with Gasteiger partial charge in [0.05, 0.1) is 18.5 Å². The molecule has 0 atom stereocenters. The van der Waals surface area contributed by atoms with Gasteiger partial charge in [-0.2, -0.15) is 13.2 Å². The Kier molecular flexibility index (Phi) is 7.37. The van der Waals surface area contributed by atoms with Gasteiger partial charge in [0.25, 0.3) is 0 Å². The molecule has 0 fully saturated rings. The van der Waals surface area contributed by atoms with Crippen molar-refractivity contribution < 1.29 is 35.8 Å². The molecule has 0 radical (unpaired) electrons. The molecule has 0 amide bonds. The van der Waals surface area contributed by atoms with Gasteiger partial charge >= 0.3 is 6.18 Å². The molecule has 3 aromatic carbocycles. The highest BCUT2D eigenvalue weighted by Gasteiger charge is 2.30. The number of benzene rings is 3. The Hall–Kier alpha value is -3.75. The SMILES string of the molecule is CCOc1ccc(-c2ccc3c(F)c(CCc4cc(F)c(OCC(F)(F)F)c(F)c4)ccc3c2)nc1. The molecule has 0 aliphatic rings. The van der Waals surface area contributed by atoms with Gasteiger partial charge in [-0.3, -0.25) is 4.98 Å². The summed E-state index contributed by atoms with van der Waals surface area (Å²) in [7, 11) is 0. The highest BCUT2D eigenvalue weighted by molar-refractivity contribution is 5.88. The summed E-state index contributed by atoms with van der Waals surface area (Å²) >= 11 is 0. The predicted molar refractivity (Wildman–Crippen MR) is 124 cm³/mol. The molecule has 0 saturated heterocycles. The van der Waals surface area contributed by atoms with Crippen LogP contribution in [0.15, 0.2) is 60.8 Å². The second-order valence-corrected chi connectivity index (χ2v) is 8.08. The van der Waals surface area contributed by atoms with Gasteiger partial charge in [0.15, 0.2) is 24.0 Å². The summed E-state index contributed by atoms with van der Waals surface area (Å²) in [5.41, 5.74) is 2.02. The smallest absolute Gasteiger partial charge is 0.422 e. The predicted octanol–water partition coefficient (Wildman–Crippen LogP) is 7.44. The Balaban J connectivity index is 1.50. The summed E-state index contributed by atoms with van der Waals surface area (Å²) in [5, 5.41) is 1.04. The summed E-state index contributed by atoms with van der Waals surface area (Å²) < 4.78 is 89.9. The third-order valence-electron chi connectivity index (χ3n) is 5.50. The van der Waals surface area contributed by atoms with E-state index in [0.29, 0.717) is 34.4 Å². The number of rotatable bonds is 8. The second-order valence-electron chi connectivity index (χ2n) is 8.08. The highest BCUT2D eigenvalue weighted by Crippen LogP contribution is 2.29. The zero-order valence-corrected chi connectivity index (χ0v) is 19.1. The number of fused-ring (bicyclic) bond motifs is 1. The first-order valence-electron chi connectivity index (χ1n) is 11.1. The minimum atomic E-state index is -4.73. The maximum Gasteiger partial charge on any atom is 0.422 e. The molecule has 0 spiro atoms. The van der Waals surface area contributed by atoms with E-state index in [4.69, 9.17) is 4.74 Å². The average molecular weight is 505 g/mol. The van der Waals surface area contributed by atoms with E-state index >= 15 is 4.39 Å². The summed E-state index contributed by atoms with van der Waals surface area (Å²) in [6, 6.07) is 14.0. The minimum Gasteiger partial charge on any atom is -0.492 e. The zero-order valence-electron chi connectivity index (χ0n) is 19.1. The number of hydrogen-bond acceptors (Lipinski definition) is 3. The number of halogens is 6. The molecule has 0 bridgehead atoms. The molecule has 0 N–H and O–H groups in total. The van der Waals surface area contributed by atoms with E-state index < -0.39 is 36.0 Å². The van der Waals surface area contributed by atoms with Crippen molar-refractivity contribution in [2.24, 2.45) is 0 Å². The Morgan fingerprint density at radius 2 is 1.58 bits per heavy atom. The van der Waals surface area contributed by atoms with E-state index in [1.165, 1.54) is 0 Å². The Morgan fingerprint density at radius 3 is 2.22 bits per heavy atom. The number of nitrogens with zero attached hydrogens (tertiary/aromatic N) is 1. The van der Waals surface area contributed by atoms with Crippen molar-refractivity contribution in [1.29, 1.82) is 0 Å². The van der Waals surface area contributed by atoms with Crippen molar-refractivity contribution in [1.82, 2.24) is 4.98 Å². The van der Waals surface area contributed by atoms with Crippen molar-refractivity contribution in [3.63, 3.8) is 0 Å². The third-order valence-corrected chi connectivity index (χ3v) is 5.50. The molecular weight excluding hydrogens is 484 g/mol. The lowest BCUT2D eigenvalue weighted by Crippen LogP contribution is -2.20. The molecule has 0 aliphatic carbocycles. The van der Waals surface area contributed by atoms with Gasteiger partial charge in [0.1, 0.15) is 11.6 Å². The summed E-state index contributed by atoms with van der Waals surface area (Å²) in [5.74, 6) is -3.39. The lowest BCUT2D eigenvalue weighted by molar-refractivity contribution is -0.154. The quantitative estimate of drug-likeness (QED) is 0.233. The number of aromatic nitrogens is 1. The molecule has 0 unspecified atom stereocenters. The van der Waals surface area contributed by atoms with E-state index in [0.717, 1.165) is 17.7 Å². The van der Waals surface area contributed by atoms with Gasteiger partial charge in [-0.15, -0.1) is 0 Å². The standard InChI is InChI=1S/C27H21F6NO2/c1-2-35-20-8-10-24(34-14-20)19-7-9-21-18(13-19)6-5-17(25(21)30)4-3-16-11-22(28)26(23(29)12-16)36-15-27(31,32)33/h5-14H,2-4,15H2,1H3. The molecule has 188 valence electrons. The van der Waals surface area contributed by atoms with Gasteiger partial charge in [-0.1, -0.05) is 24.3 Å². The van der Waals surface area contributed by atoms with Gasteiger partial charge in [0.2, 0.25) is 0 Å². The molecule has 0 aliphatic heterocycles. The van der Waals surface area contributed by atoms with Crippen molar-refractivity contribution in [3.8, 4) is 22.8 Å². The van der Waals surface area contributed by atoms with Crippen LogP contribution < -0.4 is 9.47 Å². The minimum absolute atomic E-state index is 0.0734. The van der Waals surface area contributed by atoms with E-state index in [2.05, 4.69) is 9.72 Å². The van der Waals surface area contributed by atoms with E-state index in [1.54, 1.807) is 36.5 Å². The van der Waals surface area contributed by atoms with Crippen molar-refractivity contribution >= 4 is 10.8 Å².